The van der Waals surface area contributed by atoms with Gasteiger partial charge >= 0.3 is 11.6 Å². The van der Waals surface area contributed by atoms with Gasteiger partial charge in [-0.2, -0.15) is 0 Å². The summed E-state index contributed by atoms with van der Waals surface area (Å²) in [4.78, 5) is 2.81. The lowest BCUT2D eigenvalue weighted by Crippen LogP contribution is -2.14. The normalized spacial score (nSPS) is 14.6. The first-order chi connectivity index (χ1) is 6.52. The lowest BCUT2D eigenvalue weighted by molar-refractivity contribution is 0.0847. The van der Waals surface area contributed by atoms with Crippen LogP contribution in [0, 0.1) is 11.3 Å². The van der Waals surface area contributed by atoms with E-state index in [0.29, 0.717) is 6.42 Å². The summed E-state index contributed by atoms with van der Waals surface area (Å²) in [5.41, 5.74) is -0.222. The number of aliphatic hydroxyl groups excluding tert-OH is 2. The summed E-state index contributed by atoms with van der Waals surface area (Å²) in [7, 11) is 0. The van der Waals surface area contributed by atoms with Gasteiger partial charge in [0.25, 0.3) is 0 Å². The number of ether oxygens (including phenoxy) is 1. The van der Waals surface area contributed by atoms with E-state index < -0.39 is 12.0 Å². The van der Waals surface area contributed by atoms with E-state index >= 15 is 0 Å². The minimum absolute atomic E-state index is 0.222. The van der Waals surface area contributed by atoms with Crippen LogP contribution in [-0.2, 0) is 4.74 Å². The van der Waals surface area contributed by atoms with Gasteiger partial charge in [-0.1, -0.05) is 13.8 Å². The Morgan fingerprint density at radius 2 is 2.07 bits per heavy atom. The predicted molar refractivity (Wildman–Crippen MR) is 51.8 cm³/mol. The zero-order valence-corrected chi connectivity index (χ0v) is 8.77. The molecule has 0 radical (unpaired) electrons. The highest BCUT2D eigenvalue weighted by molar-refractivity contribution is 5.14. The summed E-state index contributed by atoms with van der Waals surface area (Å²) < 4.78 is 4.72. The highest BCUT2D eigenvalue weighted by Gasteiger charge is 2.31. The Hall–Kier alpha value is -1.28. The maximum Gasteiger partial charge on any atom is 0.468 e. The van der Waals surface area contributed by atoms with Crippen LogP contribution in [0.4, 0.5) is 0 Å². The molecule has 0 aliphatic rings. The number of diazo groups is 1. The molecule has 0 aliphatic carbocycles. The zero-order chi connectivity index (χ0) is 11.1. The average Bonchev–Trinajstić information content (AvgIpc) is 2.04. The van der Waals surface area contributed by atoms with Crippen LogP contribution in [0.15, 0.2) is 11.6 Å². The molecule has 80 valence electrons. The summed E-state index contributed by atoms with van der Waals surface area (Å²) in [6.45, 7) is 5.76. The standard InChI is InChI=1S/C9H16N2O3/c1-4-14-9(13)8(11-10)7(12)5-6(2)3/h6-7,12H,4-5H2,1-3H3/p+1/b9-8-. The molecular formula is C9H17N2O3+. The molecule has 0 aromatic rings. The third-order valence-corrected chi connectivity index (χ3v) is 1.62. The number of hydrogen-bond donors (Lipinski definition) is 2. The van der Waals surface area contributed by atoms with Crippen molar-refractivity contribution in [2.24, 2.45) is 5.92 Å². The van der Waals surface area contributed by atoms with Gasteiger partial charge in [-0.25, -0.2) is 0 Å². The maximum absolute atomic E-state index is 9.52. The van der Waals surface area contributed by atoms with Gasteiger partial charge in [-0.15, -0.1) is 0 Å². The molecule has 1 atom stereocenters. The lowest BCUT2D eigenvalue weighted by Gasteiger charge is -2.06. The molecule has 14 heavy (non-hydrogen) atoms. The molecule has 5 heteroatoms. The highest BCUT2D eigenvalue weighted by atomic mass is 16.6. The molecule has 0 amide bonds. The first kappa shape index (κ1) is 12.7. The van der Waals surface area contributed by atoms with Crippen LogP contribution in [0.1, 0.15) is 27.2 Å². The zero-order valence-electron chi connectivity index (χ0n) is 8.77. The number of rotatable bonds is 5. The van der Waals surface area contributed by atoms with Crippen LogP contribution in [0.2, 0.25) is 0 Å². The molecule has 5 nitrogen and oxygen atoms in total. The van der Waals surface area contributed by atoms with Crippen LogP contribution < -0.4 is 0 Å². The Balaban J connectivity index is 4.55. The molecule has 0 spiro atoms. The minimum atomic E-state index is -1.01. The number of hydrogen-bond acceptors (Lipinski definition) is 4. The molecular weight excluding hydrogens is 184 g/mol. The van der Waals surface area contributed by atoms with Crippen LogP contribution in [0.3, 0.4) is 0 Å². The molecule has 0 aromatic heterocycles. The second-order valence-electron chi connectivity index (χ2n) is 3.37. The van der Waals surface area contributed by atoms with Crippen molar-refractivity contribution < 1.29 is 14.9 Å². The van der Waals surface area contributed by atoms with Crippen molar-refractivity contribution in [1.29, 1.82) is 5.39 Å². The van der Waals surface area contributed by atoms with Crippen molar-refractivity contribution in [1.82, 2.24) is 0 Å². The van der Waals surface area contributed by atoms with Crippen molar-refractivity contribution in [2.45, 2.75) is 33.3 Å². The van der Waals surface area contributed by atoms with Gasteiger partial charge in [0.15, 0.2) is 11.1 Å². The molecule has 0 aliphatic heterocycles. The molecule has 0 heterocycles. The third kappa shape index (κ3) is 4.10. The molecule has 0 saturated carbocycles. The molecule has 0 rings (SSSR count). The van der Waals surface area contributed by atoms with Gasteiger partial charge in [0, 0.05) is 0 Å². The van der Waals surface area contributed by atoms with Crippen molar-refractivity contribution in [3.8, 4) is 0 Å². The Bertz CT molecular complexity index is 243. The summed E-state index contributed by atoms with van der Waals surface area (Å²) in [6, 6.07) is 0. The maximum atomic E-state index is 9.52. The molecule has 0 aromatic carbocycles. The van der Waals surface area contributed by atoms with Gasteiger partial charge in [-0.3, -0.25) is 0 Å². The van der Waals surface area contributed by atoms with E-state index in [4.69, 9.17) is 10.1 Å². The average molecular weight is 201 g/mol. The summed E-state index contributed by atoms with van der Waals surface area (Å²) in [5, 5.41) is 27.3. The first-order valence-corrected chi connectivity index (χ1v) is 4.62. The van der Waals surface area contributed by atoms with Crippen molar-refractivity contribution in [3.63, 3.8) is 0 Å². The van der Waals surface area contributed by atoms with Crippen molar-refractivity contribution in [2.75, 3.05) is 6.61 Å². The van der Waals surface area contributed by atoms with Crippen molar-refractivity contribution in [3.05, 3.63) is 16.6 Å². The quantitative estimate of drug-likeness (QED) is 0.527. The topological polar surface area (TPSA) is 77.8 Å². The van der Waals surface area contributed by atoms with Gasteiger partial charge in [0.1, 0.15) is 0 Å². The fourth-order valence-corrected chi connectivity index (χ4v) is 1.02. The smallest absolute Gasteiger partial charge is 0.468 e. The Morgan fingerprint density at radius 1 is 1.50 bits per heavy atom. The molecule has 2 N–H and O–H groups in total. The first-order valence-electron chi connectivity index (χ1n) is 4.62. The molecule has 0 bridgehead atoms. The Morgan fingerprint density at radius 3 is 2.43 bits per heavy atom. The number of nitrogens with zero attached hydrogens (tertiary/aromatic N) is 2. The van der Waals surface area contributed by atoms with E-state index in [-0.39, 0.29) is 18.2 Å². The van der Waals surface area contributed by atoms with Crippen LogP contribution in [-0.4, -0.2) is 22.9 Å². The van der Waals surface area contributed by atoms with Crippen LogP contribution in [0.25, 0.3) is 4.98 Å². The summed E-state index contributed by atoms with van der Waals surface area (Å²) in [6.07, 6.45) is -0.608. The summed E-state index contributed by atoms with van der Waals surface area (Å²) >= 11 is 0. The van der Waals surface area contributed by atoms with Crippen LogP contribution in [0.5, 0.6) is 0 Å². The largest absolute Gasteiger partial charge is 0.475 e. The van der Waals surface area contributed by atoms with E-state index in [1.54, 1.807) is 6.92 Å². The lowest BCUT2D eigenvalue weighted by atomic mass is 10.0. The molecule has 0 saturated heterocycles. The van der Waals surface area contributed by atoms with E-state index in [2.05, 4.69) is 4.98 Å². The van der Waals surface area contributed by atoms with E-state index in [0.717, 1.165) is 0 Å². The van der Waals surface area contributed by atoms with Gasteiger partial charge in [0.2, 0.25) is 5.39 Å². The second kappa shape index (κ2) is 6.22. The van der Waals surface area contributed by atoms with E-state index in [1.165, 1.54) is 0 Å². The van der Waals surface area contributed by atoms with E-state index in [1.807, 2.05) is 13.8 Å². The third-order valence-electron chi connectivity index (χ3n) is 1.62. The van der Waals surface area contributed by atoms with Crippen molar-refractivity contribution >= 4 is 0 Å². The van der Waals surface area contributed by atoms with Gasteiger partial charge in [0.05, 0.1) is 6.61 Å². The minimum Gasteiger partial charge on any atom is -0.475 e. The van der Waals surface area contributed by atoms with E-state index in [9.17, 15) is 10.2 Å². The monoisotopic (exact) mass is 201 g/mol. The Kier molecular flexibility index (Phi) is 5.65. The van der Waals surface area contributed by atoms with Gasteiger partial charge in [-0.05, 0) is 19.3 Å². The predicted octanol–water partition coefficient (Wildman–Crippen LogP) is 2.01. The Labute approximate surface area is 83.6 Å². The SMILES string of the molecule is CCO/C(O)=C(\[N+]#N)C(O)CC(C)C. The van der Waals surface area contributed by atoms with Gasteiger partial charge < -0.3 is 14.9 Å². The van der Waals surface area contributed by atoms with Crippen LogP contribution >= 0.6 is 0 Å². The fraction of sp³-hybridized carbons (Fsp3) is 0.778. The summed E-state index contributed by atoms with van der Waals surface area (Å²) in [5.74, 6) is -0.292. The molecule has 0 fully saturated rings. The molecule has 1 unspecified atom stereocenters. The number of aliphatic hydroxyl groups is 2. The highest BCUT2D eigenvalue weighted by Crippen LogP contribution is 2.16. The fourth-order valence-electron chi connectivity index (χ4n) is 1.02. The second-order valence-corrected chi connectivity index (χ2v) is 3.37.